The highest BCUT2D eigenvalue weighted by atomic mass is 79.9. The van der Waals surface area contributed by atoms with E-state index < -0.39 is 17.5 Å². The van der Waals surface area contributed by atoms with Crippen LogP contribution in [-0.2, 0) is 0 Å². The average Bonchev–Trinajstić information content (AvgIpc) is 1.82. The average molecular weight is 210 g/mol. The van der Waals surface area contributed by atoms with Gasteiger partial charge in [-0.15, -0.1) is 0 Å². The molecule has 4 heteroatoms. The topological polar surface area (TPSA) is 0 Å². The largest absolute Gasteiger partial charge is 0.206 e. The van der Waals surface area contributed by atoms with E-state index in [0.29, 0.717) is 6.07 Å². The van der Waals surface area contributed by atoms with Gasteiger partial charge in [-0.3, -0.25) is 0 Å². The Morgan fingerprint density at radius 3 is 2.40 bits per heavy atom. The maximum Gasteiger partial charge on any atom is 0.173 e. The van der Waals surface area contributed by atoms with Crippen LogP contribution in [-0.4, -0.2) is 0 Å². The minimum Gasteiger partial charge on any atom is -0.206 e. The minimum absolute atomic E-state index is 0.329. The van der Waals surface area contributed by atoms with Gasteiger partial charge in [-0.1, -0.05) is 0 Å². The Hall–Kier alpha value is -0.510. The van der Waals surface area contributed by atoms with Crippen molar-refractivity contribution in [2.24, 2.45) is 0 Å². The smallest absolute Gasteiger partial charge is 0.173 e. The van der Waals surface area contributed by atoms with Crippen molar-refractivity contribution in [1.29, 1.82) is 0 Å². The molecule has 0 spiro atoms. The summed E-state index contributed by atoms with van der Waals surface area (Å²) in [4.78, 5) is 0. The van der Waals surface area contributed by atoms with Crippen LogP contribution in [0.4, 0.5) is 13.2 Å². The lowest BCUT2D eigenvalue weighted by Gasteiger charge is -1.93. The van der Waals surface area contributed by atoms with Gasteiger partial charge in [-0.05, 0) is 15.9 Å². The summed E-state index contributed by atoms with van der Waals surface area (Å²) in [5.74, 6) is -3.27. The number of hydrogen-bond donors (Lipinski definition) is 0. The fourth-order valence-corrected chi connectivity index (χ4v) is 0.854. The third kappa shape index (κ3) is 1.31. The van der Waals surface area contributed by atoms with Crippen LogP contribution >= 0.6 is 15.9 Å². The molecule has 0 N–H and O–H groups in total. The second kappa shape index (κ2) is 2.62. The van der Waals surface area contributed by atoms with Gasteiger partial charge in [-0.2, -0.15) is 0 Å². The Morgan fingerprint density at radius 2 is 1.90 bits per heavy atom. The summed E-state index contributed by atoms with van der Waals surface area (Å²) in [6, 6.07) is 2.34. The molecule has 0 aliphatic carbocycles. The van der Waals surface area contributed by atoms with Gasteiger partial charge in [0, 0.05) is 12.1 Å². The number of hydrogen-bond acceptors (Lipinski definition) is 0. The molecule has 0 unspecified atom stereocenters. The Kier molecular flexibility index (Phi) is 1.99. The number of halogens is 4. The molecule has 0 atom stereocenters. The monoisotopic (exact) mass is 209 g/mol. The molecule has 53 valence electrons. The van der Waals surface area contributed by atoms with E-state index in [1.54, 1.807) is 0 Å². The molecular formula is C6HBrF3. The van der Waals surface area contributed by atoms with E-state index >= 15 is 0 Å². The fraction of sp³-hybridized carbons (Fsp3) is 0. The molecule has 10 heavy (non-hydrogen) atoms. The van der Waals surface area contributed by atoms with E-state index in [-0.39, 0.29) is 4.47 Å². The van der Waals surface area contributed by atoms with E-state index in [2.05, 4.69) is 15.9 Å². The van der Waals surface area contributed by atoms with Crippen LogP contribution in [0, 0.1) is 23.5 Å². The van der Waals surface area contributed by atoms with Gasteiger partial charge in [-0.25, -0.2) is 13.2 Å². The third-order valence-electron chi connectivity index (χ3n) is 0.885. The molecular weight excluding hydrogens is 209 g/mol. The van der Waals surface area contributed by atoms with Gasteiger partial charge in [0.05, 0.1) is 4.47 Å². The highest BCUT2D eigenvalue weighted by Crippen LogP contribution is 2.18. The predicted octanol–water partition coefficient (Wildman–Crippen LogP) is 2.67. The maximum absolute atomic E-state index is 12.3. The summed E-state index contributed by atoms with van der Waals surface area (Å²) < 4.78 is 36.3. The second-order valence-corrected chi connectivity index (χ2v) is 2.39. The first-order valence-corrected chi connectivity index (χ1v) is 3.13. The van der Waals surface area contributed by atoms with Crippen molar-refractivity contribution in [1.82, 2.24) is 0 Å². The first-order chi connectivity index (χ1) is 4.61. The van der Waals surface area contributed by atoms with Gasteiger partial charge >= 0.3 is 0 Å². The molecule has 1 rings (SSSR count). The minimum atomic E-state index is -1.22. The van der Waals surface area contributed by atoms with E-state index in [1.165, 1.54) is 0 Å². The lowest BCUT2D eigenvalue weighted by molar-refractivity contribution is 0.489. The lowest BCUT2D eigenvalue weighted by atomic mass is 10.3. The van der Waals surface area contributed by atoms with Crippen molar-refractivity contribution in [3.05, 3.63) is 34.1 Å². The van der Waals surface area contributed by atoms with Crippen LogP contribution in [0.1, 0.15) is 0 Å². The summed E-state index contributed by atoms with van der Waals surface area (Å²) in [7, 11) is 0. The molecule has 1 aromatic carbocycles. The van der Waals surface area contributed by atoms with Crippen molar-refractivity contribution < 1.29 is 13.2 Å². The third-order valence-corrected chi connectivity index (χ3v) is 1.43. The quantitative estimate of drug-likeness (QED) is 0.456. The molecule has 0 amide bonds. The predicted molar refractivity (Wildman–Crippen MR) is 32.9 cm³/mol. The van der Waals surface area contributed by atoms with Crippen LogP contribution in [0.15, 0.2) is 10.5 Å². The van der Waals surface area contributed by atoms with E-state index in [4.69, 9.17) is 0 Å². The number of rotatable bonds is 0. The Morgan fingerprint density at radius 1 is 1.30 bits per heavy atom. The first kappa shape index (κ1) is 7.60. The lowest BCUT2D eigenvalue weighted by Crippen LogP contribution is -1.87. The maximum atomic E-state index is 12.3. The summed E-state index contributed by atoms with van der Waals surface area (Å²) >= 11 is 2.59. The molecule has 0 saturated heterocycles. The summed E-state index contributed by atoms with van der Waals surface area (Å²) in [6.07, 6.45) is 0. The summed E-state index contributed by atoms with van der Waals surface area (Å²) in [6.45, 7) is 0. The Bertz CT molecular complexity index is 236. The summed E-state index contributed by atoms with van der Waals surface area (Å²) in [5, 5.41) is 0. The van der Waals surface area contributed by atoms with E-state index in [1.807, 2.05) is 6.07 Å². The van der Waals surface area contributed by atoms with E-state index in [9.17, 15) is 13.2 Å². The highest BCUT2D eigenvalue weighted by Gasteiger charge is 2.07. The van der Waals surface area contributed by atoms with Crippen molar-refractivity contribution >= 4 is 15.9 Å². The molecule has 0 bridgehead atoms. The zero-order valence-electron chi connectivity index (χ0n) is 4.59. The molecule has 0 heterocycles. The summed E-state index contributed by atoms with van der Waals surface area (Å²) in [5.41, 5.74) is 0. The second-order valence-electron chi connectivity index (χ2n) is 1.59. The molecule has 0 aromatic heterocycles. The van der Waals surface area contributed by atoms with Gasteiger partial charge in [0.25, 0.3) is 0 Å². The van der Waals surface area contributed by atoms with E-state index in [0.717, 1.165) is 0 Å². The van der Waals surface area contributed by atoms with Gasteiger partial charge < -0.3 is 0 Å². The zero-order valence-corrected chi connectivity index (χ0v) is 6.18. The van der Waals surface area contributed by atoms with Crippen molar-refractivity contribution in [2.45, 2.75) is 0 Å². The van der Waals surface area contributed by atoms with Crippen LogP contribution in [0.3, 0.4) is 0 Å². The standard InChI is InChI=1S/C6HBrF3/c7-4-1-3(8)2-5(9)6(4)10/h2H. The Balaban J connectivity index is 3.31. The molecule has 0 aliphatic heterocycles. The number of benzene rings is 1. The zero-order chi connectivity index (χ0) is 7.72. The normalized spacial score (nSPS) is 10.0. The SMILES string of the molecule is Fc1[c]c(Br)c(F)c(F)c1. The van der Waals surface area contributed by atoms with Crippen LogP contribution in [0.25, 0.3) is 0 Å². The van der Waals surface area contributed by atoms with Crippen molar-refractivity contribution in [2.75, 3.05) is 0 Å². The molecule has 0 fully saturated rings. The molecule has 1 radical (unpaired) electrons. The van der Waals surface area contributed by atoms with Gasteiger partial charge in [0.1, 0.15) is 5.82 Å². The van der Waals surface area contributed by atoms with Crippen LogP contribution < -0.4 is 0 Å². The van der Waals surface area contributed by atoms with Gasteiger partial charge in [0.2, 0.25) is 0 Å². The van der Waals surface area contributed by atoms with Crippen molar-refractivity contribution in [3.8, 4) is 0 Å². The first-order valence-electron chi connectivity index (χ1n) is 2.33. The van der Waals surface area contributed by atoms with Crippen LogP contribution in [0.2, 0.25) is 0 Å². The Labute approximate surface area is 63.8 Å². The van der Waals surface area contributed by atoms with Gasteiger partial charge in [0.15, 0.2) is 11.6 Å². The molecule has 1 aromatic rings. The molecule has 0 nitrogen and oxygen atoms in total. The van der Waals surface area contributed by atoms with Crippen LogP contribution in [0.5, 0.6) is 0 Å². The van der Waals surface area contributed by atoms with Crippen molar-refractivity contribution in [3.63, 3.8) is 0 Å². The molecule has 0 saturated carbocycles. The molecule has 0 aliphatic rings. The fourth-order valence-electron chi connectivity index (χ4n) is 0.475. The highest BCUT2D eigenvalue weighted by molar-refractivity contribution is 9.10.